The second-order valence-corrected chi connectivity index (χ2v) is 8.76. The number of nitrogens with zero attached hydrogens (tertiary/aromatic N) is 4. The maximum absolute atomic E-state index is 12.7. The number of amides is 1. The molecule has 1 fully saturated rings. The first-order chi connectivity index (χ1) is 16.5. The van der Waals surface area contributed by atoms with Crippen molar-refractivity contribution in [3.05, 3.63) is 82.0 Å². The first-order valence-corrected chi connectivity index (χ1v) is 11.6. The molecule has 8 heteroatoms. The van der Waals surface area contributed by atoms with Crippen molar-refractivity contribution in [2.45, 2.75) is 26.3 Å². The van der Waals surface area contributed by atoms with Crippen LogP contribution in [0.1, 0.15) is 23.4 Å². The van der Waals surface area contributed by atoms with E-state index in [2.05, 4.69) is 44.3 Å². The quantitative estimate of drug-likeness (QED) is 0.478. The standard InChI is InChI=1S/C26H27N5O3/c1-18-7-8-22-20(15-18)16-21(26(33)27-22)25-28-23(34-29-25)9-10-24(32)31-13-11-30(12-14-31)17-19-5-3-2-4-6-19/h2-8,15-16H,9-14,17H2,1H3,(H,27,33). The maximum atomic E-state index is 12.7. The topological polar surface area (TPSA) is 95.3 Å². The molecule has 0 aliphatic carbocycles. The Morgan fingerprint density at radius 3 is 2.65 bits per heavy atom. The van der Waals surface area contributed by atoms with E-state index < -0.39 is 0 Å². The normalized spacial score (nSPS) is 14.6. The van der Waals surface area contributed by atoms with Crippen LogP contribution in [-0.4, -0.2) is 57.0 Å². The molecule has 2 aromatic heterocycles. The molecule has 3 heterocycles. The van der Waals surface area contributed by atoms with Gasteiger partial charge in [0.05, 0.1) is 5.56 Å². The van der Waals surface area contributed by atoms with Crippen LogP contribution in [0.15, 0.2) is 63.9 Å². The lowest BCUT2D eigenvalue weighted by atomic mass is 10.1. The molecule has 2 aromatic carbocycles. The number of aryl methyl sites for hydroxylation is 2. The first-order valence-electron chi connectivity index (χ1n) is 11.6. The maximum Gasteiger partial charge on any atom is 0.259 e. The second kappa shape index (κ2) is 9.61. The van der Waals surface area contributed by atoms with Gasteiger partial charge in [-0.1, -0.05) is 47.1 Å². The van der Waals surface area contributed by atoms with Crippen molar-refractivity contribution in [1.82, 2.24) is 24.9 Å². The van der Waals surface area contributed by atoms with Crippen molar-refractivity contribution in [3.63, 3.8) is 0 Å². The van der Waals surface area contributed by atoms with E-state index in [9.17, 15) is 9.59 Å². The highest BCUT2D eigenvalue weighted by Gasteiger charge is 2.22. The van der Waals surface area contributed by atoms with Gasteiger partial charge in [0.15, 0.2) is 0 Å². The van der Waals surface area contributed by atoms with Crippen LogP contribution in [0.25, 0.3) is 22.3 Å². The smallest absolute Gasteiger partial charge is 0.259 e. The largest absolute Gasteiger partial charge is 0.340 e. The zero-order valence-electron chi connectivity index (χ0n) is 19.2. The Hall–Kier alpha value is -3.78. The van der Waals surface area contributed by atoms with Gasteiger partial charge in [0.25, 0.3) is 5.56 Å². The van der Waals surface area contributed by atoms with Gasteiger partial charge in [-0.3, -0.25) is 14.5 Å². The molecule has 0 saturated carbocycles. The lowest BCUT2D eigenvalue weighted by Gasteiger charge is -2.34. The summed E-state index contributed by atoms with van der Waals surface area (Å²) in [5.41, 5.74) is 3.23. The van der Waals surface area contributed by atoms with Crippen molar-refractivity contribution in [2.75, 3.05) is 26.2 Å². The SMILES string of the molecule is Cc1ccc2[nH]c(=O)c(-c3noc(CCC(=O)N4CCN(Cc5ccccc5)CC4)n3)cc2c1. The summed E-state index contributed by atoms with van der Waals surface area (Å²) in [6.45, 7) is 6.04. The van der Waals surface area contributed by atoms with Crippen LogP contribution < -0.4 is 5.56 Å². The van der Waals surface area contributed by atoms with Crippen molar-refractivity contribution in [2.24, 2.45) is 0 Å². The van der Waals surface area contributed by atoms with Gasteiger partial charge in [0.2, 0.25) is 17.6 Å². The Morgan fingerprint density at radius 2 is 1.85 bits per heavy atom. The molecule has 5 rings (SSSR count). The number of aromatic amines is 1. The Morgan fingerprint density at radius 1 is 1.06 bits per heavy atom. The van der Waals surface area contributed by atoms with Crippen LogP contribution >= 0.6 is 0 Å². The molecule has 8 nitrogen and oxygen atoms in total. The molecule has 0 radical (unpaired) electrons. The third-order valence-corrected chi connectivity index (χ3v) is 6.24. The number of benzene rings is 2. The molecule has 174 valence electrons. The van der Waals surface area contributed by atoms with E-state index >= 15 is 0 Å². The van der Waals surface area contributed by atoms with Gasteiger partial charge in [-0.25, -0.2) is 0 Å². The first kappa shape index (κ1) is 22.0. The third kappa shape index (κ3) is 4.92. The Balaban J connectivity index is 1.17. The van der Waals surface area contributed by atoms with Crippen molar-refractivity contribution in [3.8, 4) is 11.4 Å². The minimum atomic E-state index is -0.270. The van der Waals surface area contributed by atoms with Gasteiger partial charge in [-0.05, 0) is 36.1 Å². The third-order valence-electron chi connectivity index (χ3n) is 6.24. The average Bonchev–Trinajstić information content (AvgIpc) is 3.32. The fourth-order valence-corrected chi connectivity index (χ4v) is 4.33. The molecule has 1 aliphatic heterocycles. The summed E-state index contributed by atoms with van der Waals surface area (Å²) in [6.07, 6.45) is 0.647. The molecular formula is C26H27N5O3. The summed E-state index contributed by atoms with van der Waals surface area (Å²) in [5.74, 6) is 0.676. The molecule has 0 spiro atoms. The highest BCUT2D eigenvalue weighted by Crippen LogP contribution is 2.19. The number of carbonyl (C=O) groups excluding carboxylic acids is 1. The summed E-state index contributed by atoms with van der Waals surface area (Å²) in [5, 5.41) is 4.88. The van der Waals surface area contributed by atoms with E-state index in [-0.39, 0.29) is 17.3 Å². The zero-order chi connectivity index (χ0) is 23.5. The zero-order valence-corrected chi connectivity index (χ0v) is 19.2. The minimum absolute atomic E-state index is 0.0816. The van der Waals surface area contributed by atoms with Crippen LogP contribution in [-0.2, 0) is 17.8 Å². The molecule has 1 amide bonds. The Labute approximate surface area is 197 Å². The predicted molar refractivity (Wildman–Crippen MR) is 129 cm³/mol. The van der Waals surface area contributed by atoms with E-state index in [4.69, 9.17) is 4.52 Å². The Bertz CT molecular complexity index is 1350. The highest BCUT2D eigenvalue weighted by molar-refractivity contribution is 5.83. The monoisotopic (exact) mass is 457 g/mol. The molecule has 1 saturated heterocycles. The molecule has 1 N–H and O–H groups in total. The van der Waals surface area contributed by atoms with Crippen LogP contribution in [0.3, 0.4) is 0 Å². The van der Waals surface area contributed by atoms with Crippen molar-refractivity contribution < 1.29 is 9.32 Å². The number of aromatic nitrogens is 3. The van der Waals surface area contributed by atoms with Crippen LogP contribution in [0.5, 0.6) is 0 Å². The number of hydrogen-bond acceptors (Lipinski definition) is 6. The summed E-state index contributed by atoms with van der Waals surface area (Å²) < 4.78 is 5.34. The van der Waals surface area contributed by atoms with Crippen LogP contribution in [0.4, 0.5) is 0 Å². The molecule has 1 aliphatic rings. The van der Waals surface area contributed by atoms with Gasteiger partial charge in [0.1, 0.15) is 0 Å². The number of H-pyrrole nitrogens is 1. The van der Waals surface area contributed by atoms with Gasteiger partial charge < -0.3 is 14.4 Å². The van der Waals surface area contributed by atoms with Crippen molar-refractivity contribution >= 4 is 16.8 Å². The van der Waals surface area contributed by atoms with E-state index in [1.54, 1.807) is 6.07 Å². The summed E-state index contributed by atoms with van der Waals surface area (Å²) in [4.78, 5) is 36.7. The van der Waals surface area contributed by atoms with Crippen molar-refractivity contribution in [1.29, 1.82) is 0 Å². The number of pyridine rings is 1. The van der Waals surface area contributed by atoms with Gasteiger partial charge >= 0.3 is 0 Å². The number of nitrogens with one attached hydrogen (secondary N) is 1. The van der Waals surface area contributed by atoms with Crippen LogP contribution in [0.2, 0.25) is 0 Å². The summed E-state index contributed by atoms with van der Waals surface area (Å²) in [6, 6.07) is 18.0. The van der Waals surface area contributed by atoms with Crippen LogP contribution in [0, 0.1) is 6.92 Å². The fourth-order valence-electron chi connectivity index (χ4n) is 4.33. The fraction of sp³-hybridized carbons (Fsp3) is 0.308. The summed E-state index contributed by atoms with van der Waals surface area (Å²) in [7, 11) is 0. The molecule has 0 atom stereocenters. The molecule has 34 heavy (non-hydrogen) atoms. The predicted octanol–water partition coefficient (Wildman–Crippen LogP) is 3.16. The lowest BCUT2D eigenvalue weighted by Crippen LogP contribution is -2.48. The number of rotatable bonds is 6. The minimum Gasteiger partial charge on any atom is -0.340 e. The van der Waals surface area contributed by atoms with E-state index in [1.807, 2.05) is 36.1 Å². The van der Waals surface area contributed by atoms with E-state index in [0.29, 0.717) is 37.4 Å². The average molecular weight is 458 g/mol. The van der Waals surface area contributed by atoms with Gasteiger partial charge in [-0.2, -0.15) is 4.98 Å². The van der Waals surface area contributed by atoms with Gasteiger partial charge in [0, 0.05) is 51.1 Å². The number of hydrogen-bond donors (Lipinski definition) is 1. The second-order valence-electron chi connectivity index (χ2n) is 8.76. The van der Waals surface area contributed by atoms with Gasteiger partial charge in [-0.15, -0.1) is 0 Å². The number of fused-ring (bicyclic) bond motifs is 1. The summed E-state index contributed by atoms with van der Waals surface area (Å²) >= 11 is 0. The molecular weight excluding hydrogens is 430 g/mol. The number of carbonyl (C=O) groups is 1. The Kier molecular flexibility index (Phi) is 6.22. The highest BCUT2D eigenvalue weighted by atomic mass is 16.5. The lowest BCUT2D eigenvalue weighted by molar-refractivity contribution is -0.133. The number of piperazine rings is 1. The van der Waals surface area contributed by atoms with E-state index in [1.165, 1.54) is 5.56 Å². The molecule has 0 unspecified atom stereocenters. The molecule has 0 bridgehead atoms. The van der Waals surface area contributed by atoms with E-state index in [0.717, 1.165) is 36.1 Å². The molecule has 4 aromatic rings.